The standard InChI is InChI=1S/C15H18BrN5O/c1-20-7-5-13(19-20)15(22)18-11-3-8-21(9-4-11)14-2-6-17-10-12(14)16/h2,5-7,10-11H,3-4,8-9H2,1H3,(H,18,22). The van der Waals surface area contributed by atoms with Crippen molar-refractivity contribution in [1.29, 1.82) is 0 Å². The molecular weight excluding hydrogens is 346 g/mol. The average Bonchev–Trinajstić information content (AvgIpc) is 2.95. The summed E-state index contributed by atoms with van der Waals surface area (Å²) in [6.07, 6.45) is 7.23. The monoisotopic (exact) mass is 363 g/mol. The first-order chi connectivity index (χ1) is 10.6. The fourth-order valence-electron chi connectivity index (χ4n) is 2.68. The predicted molar refractivity (Wildman–Crippen MR) is 87.8 cm³/mol. The van der Waals surface area contributed by atoms with Gasteiger partial charge in [0.05, 0.1) is 10.2 Å². The summed E-state index contributed by atoms with van der Waals surface area (Å²) in [5, 5.41) is 7.20. The van der Waals surface area contributed by atoms with Crippen LogP contribution >= 0.6 is 15.9 Å². The van der Waals surface area contributed by atoms with Crippen LogP contribution in [0.15, 0.2) is 35.2 Å². The molecule has 1 aliphatic rings. The van der Waals surface area contributed by atoms with E-state index in [0.717, 1.165) is 36.1 Å². The lowest BCUT2D eigenvalue weighted by molar-refractivity contribution is 0.0925. The summed E-state index contributed by atoms with van der Waals surface area (Å²) in [5.41, 5.74) is 1.63. The van der Waals surface area contributed by atoms with Gasteiger partial charge in [0.15, 0.2) is 0 Å². The number of amides is 1. The zero-order chi connectivity index (χ0) is 15.5. The van der Waals surface area contributed by atoms with Crippen LogP contribution in [-0.4, -0.2) is 39.8 Å². The number of carbonyl (C=O) groups is 1. The van der Waals surface area contributed by atoms with Gasteiger partial charge in [-0.15, -0.1) is 0 Å². The topological polar surface area (TPSA) is 63.1 Å². The second-order valence-corrected chi connectivity index (χ2v) is 6.29. The van der Waals surface area contributed by atoms with Crippen molar-refractivity contribution in [3.63, 3.8) is 0 Å². The van der Waals surface area contributed by atoms with E-state index in [2.05, 4.69) is 36.2 Å². The summed E-state index contributed by atoms with van der Waals surface area (Å²) in [6.45, 7) is 1.82. The van der Waals surface area contributed by atoms with E-state index in [4.69, 9.17) is 0 Å². The van der Waals surface area contributed by atoms with Gasteiger partial charge in [0, 0.05) is 44.8 Å². The van der Waals surface area contributed by atoms with Crippen LogP contribution in [0.3, 0.4) is 0 Å². The fraction of sp³-hybridized carbons (Fsp3) is 0.400. The van der Waals surface area contributed by atoms with Gasteiger partial charge in [-0.1, -0.05) is 0 Å². The molecule has 1 amide bonds. The fourth-order valence-corrected chi connectivity index (χ4v) is 3.19. The van der Waals surface area contributed by atoms with Crippen LogP contribution in [-0.2, 0) is 7.05 Å². The number of aromatic nitrogens is 3. The van der Waals surface area contributed by atoms with Crippen LogP contribution in [0.1, 0.15) is 23.3 Å². The number of aryl methyl sites for hydroxylation is 1. The maximum absolute atomic E-state index is 12.1. The van der Waals surface area contributed by atoms with E-state index in [1.165, 1.54) is 0 Å². The molecule has 1 fully saturated rings. The van der Waals surface area contributed by atoms with E-state index in [1.54, 1.807) is 23.1 Å². The Morgan fingerprint density at radius 1 is 1.36 bits per heavy atom. The van der Waals surface area contributed by atoms with Crippen molar-refractivity contribution < 1.29 is 4.79 Å². The Morgan fingerprint density at radius 3 is 2.77 bits per heavy atom. The third-order valence-corrected chi connectivity index (χ3v) is 4.48. The first-order valence-electron chi connectivity index (χ1n) is 7.28. The summed E-state index contributed by atoms with van der Waals surface area (Å²) in [4.78, 5) is 18.5. The molecule has 0 saturated carbocycles. The number of halogens is 1. The molecule has 2 aromatic rings. The molecule has 0 atom stereocenters. The largest absolute Gasteiger partial charge is 0.370 e. The van der Waals surface area contributed by atoms with E-state index in [1.807, 2.05) is 19.3 Å². The van der Waals surface area contributed by atoms with Gasteiger partial charge in [-0.25, -0.2) is 0 Å². The van der Waals surface area contributed by atoms with Gasteiger partial charge < -0.3 is 10.2 Å². The molecule has 1 saturated heterocycles. The van der Waals surface area contributed by atoms with Crippen molar-refractivity contribution in [2.45, 2.75) is 18.9 Å². The van der Waals surface area contributed by atoms with Gasteiger partial charge in [-0.05, 0) is 40.9 Å². The number of pyridine rings is 1. The van der Waals surface area contributed by atoms with Gasteiger partial charge in [-0.2, -0.15) is 5.10 Å². The molecule has 2 aromatic heterocycles. The molecule has 0 bridgehead atoms. The zero-order valence-electron chi connectivity index (χ0n) is 12.4. The number of hydrogen-bond donors (Lipinski definition) is 1. The molecule has 22 heavy (non-hydrogen) atoms. The molecular formula is C15H18BrN5O. The molecule has 6 nitrogen and oxygen atoms in total. The Bertz CT molecular complexity index is 663. The normalized spacial score (nSPS) is 15.8. The van der Waals surface area contributed by atoms with Gasteiger partial charge in [0.1, 0.15) is 5.69 Å². The second-order valence-electron chi connectivity index (χ2n) is 5.44. The first-order valence-corrected chi connectivity index (χ1v) is 8.08. The third kappa shape index (κ3) is 3.30. The molecule has 7 heteroatoms. The lowest BCUT2D eigenvalue weighted by atomic mass is 10.0. The molecule has 0 aliphatic carbocycles. The SMILES string of the molecule is Cn1ccc(C(=O)NC2CCN(c3ccncc3Br)CC2)n1. The van der Waals surface area contributed by atoms with E-state index in [-0.39, 0.29) is 11.9 Å². The van der Waals surface area contributed by atoms with E-state index in [0.29, 0.717) is 5.69 Å². The third-order valence-electron chi connectivity index (χ3n) is 3.87. The predicted octanol–water partition coefficient (Wildman–Crippen LogP) is 1.98. The maximum Gasteiger partial charge on any atom is 0.271 e. The summed E-state index contributed by atoms with van der Waals surface area (Å²) in [7, 11) is 1.81. The molecule has 3 heterocycles. The summed E-state index contributed by atoms with van der Waals surface area (Å²) < 4.78 is 2.64. The molecule has 1 aliphatic heterocycles. The van der Waals surface area contributed by atoms with Gasteiger partial charge >= 0.3 is 0 Å². The number of nitrogens with zero attached hydrogens (tertiary/aromatic N) is 4. The molecule has 0 radical (unpaired) electrons. The highest BCUT2D eigenvalue weighted by Crippen LogP contribution is 2.27. The van der Waals surface area contributed by atoms with Crippen LogP contribution < -0.4 is 10.2 Å². The first kappa shape index (κ1) is 15.0. The van der Waals surface area contributed by atoms with Crippen molar-refractivity contribution in [3.8, 4) is 0 Å². The number of piperidine rings is 1. The Kier molecular flexibility index (Phi) is 4.42. The second kappa shape index (κ2) is 6.48. The minimum absolute atomic E-state index is 0.0934. The number of nitrogens with one attached hydrogen (secondary N) is 1. The smallest absolute Gasteiger partial charge is 0.271 e. The number of anilines is 1. The Morgan fingerprint density at radius 2 is 2.14 bits per heavy atom. The van der Waals surface area contributed by atoms with Crippen LogP contribution in [0.5, 0.6) is 0 Å². The van der Waals surface area contributed by atoms with E-state index in [9.17, 15) is 4.79 Å². The molecule has 0 unspecified atom stereocenters. The van der Waals surface area contributed by atoms with Crippen LogP contribution in [0.2, 0.25) is 0 Å². The van der Waals surface area contributed by atoms with E-state index < -0.39 is 0 Å². The van der Waals surface area contributed by atoms with Crippen LogP contribution in [0.25, 0.3) is 0 Å². The average molecular weight is 364 g/mol. The van der Waals surface area contributed by atoms with Crippen molar-refractivity contribution in [1.82, 2.24) is 20.1 Å². The summed E-state index contributed by atoms with van der Waals surface area (Å²) >= 11 is 3.54. The number of carbonyl (C=O) groups excluding carboxylic acids is 1. The van der Waals surface area contributed by atoms with Gasteiger partial charge in [0.2, 0.25) is 0 Å². The summed E-state index contributed by atoms with van der Waals surface area (Å²) in [5.74, 6) is -0.0934. The van der Waals surface area contributed by atoms with Gasteiger partial charge in [0.25, 0.3) is 5.91 Å². The van der Waals surface area contributed by atoms with Crippen molar-refractivity contribution in [2.24, 2.45) is 7.05 Å². The molecule has 116 valence electrons. The summed E-state index contributed by atoms with van der Waals surface area (Å²) in [6, 6.07) is 3.95. The van der Waals surface area contributed by atoms with Crippen LogP contribution in [0, 0.1) is 0 Å². The lowest BCUT2D eigenvalue weighted by Crippen LogP contribution is -2.45. The van der Waals surface area contributed by atoms with E-state index >= 15 is 0 Å². The minimum atomic E-state index is -0.0934. The quantitative estimate of drug-likeness (QED) is 0.905. The zero-order valence-corrected chi connectivity index (χ0v) is 14.0. The minimum Gasteiger partial charge on any atom is -0.370 e. The van der Waals surface area contributed by atoms with Crippen LogP contribution in [0.4, 0.5) is 5.69 Å². The highest BCUT2D eigenvalue weighted by atomic mass is 79.9. The maximum atomic E-state index is 12.1. The highest BCUT2D eigenvalue weighted by Gasteiger charge is 2.23. The highest BCUT2D eigenvalue weighted by molar-refractivity contribution is 9.10. The molecule has 0 spiro atoms. The Hall–Kier alpha value is -1.89. The Labute approximate surface area is 137 Å². The van der Waals surface area contributed by atoms with Crippen molar-refractivity contribution >= 4 is 27.5 Å². The molecule has 1 N–H and O–H groups in total. The number of rotatable bonds is 3. The molecule has 3 rings (SSSR count). The van der Waals surface area contributed by atoms with Crippen molar-refractivity contribution in [3.05, 3.63) is 40.9 Å². The van der Waals surface area contributed by atoms with Gasteiger partial charge in [-0.3, -0.25) is 14.5 Å². The number of hydrogen-bond acceptors (Lipinski definition) is 4. The Balaban J connectivity index is 1.56. The molecule has 0 aromatic carbocycles. The van der Waals surface area contributed by atoms with Crippen molar-refractivity contribution in [2.75, 3.05) is 18.0 Å². The lowest BCUT2D eigenvalue weighted by Gasteiger charge is -2.34.